The summed E-state index contributed by atoms with van der Waals surface area (Å²) >= 11 is 0. The molecule has 0 amide bonds. The molecule has 0 radical (unpaired) electrons. The highest BCUT2D eigenvalue weighted by atomic mass is 16.5. The van der Waals surface area contributed by atoms with E-state index in [1.165, 1.54) is 6.33 Å². The van der Waals surface area contributed by atoms with Crippen LogP contribution in [-0.4, -0.2) is 42.3 Å². The molecule has 0 aliphatic carbocycles. The average molecular weight is 355 g/mol. The normalized spacial score (nSPS) is 10.7. The first-order chi connectivity index (χ1) is 12.7. The number of aromatic nitrogens is 3. The van der Waals surface area contributed by atoms with Crippen LogP contribution in [0.2, 0.25) is 0 Å². The molecule has 2 aromatic heterocycles. The summed E-state index contributed by atoms with van der Waals surface area (Å²) in [5, 5.41) is 3.61. The van der Waals surface area contributed by atoms with E-state index in [-0.39, 0.29) is 5.56 Å². The van der Waals surface area contributed by atoms with Gasteiger partial charge in [-0.05, 0) is 37.2 Å². The summed E-state index contributed by atoms with van der Waals surface area (Å²) in [4.78, 5) is 23.7. The van der Waals surface area contributed by atoms with Gasteiger partial charge in [-0.2, -0.15) is 0 Å². The van der Waals surface area contributed by atoms with Crippen molar-refractivity contribution in [1.82, 2.24) is 15.0 Å². The lowest BCUT2D eigenvalue weighted by Crippen LogP contribution is -2.14. The molecule has 2 heterocycles. The lowest BCUT2D eigenvalue weighted by Gasteiger charge is -2.12. The van der Waals surface area contributed by atoms with Crippen LogP contribution in [0.15, 0.2) is 35.4 Å². The molecule has 26 heavy (non-hydrogen) atoms. The minimum Gasteiger partial charge on any atom is -0.493 e. The predicted molar refractivity (Wildman–Crippen MR) is 101 cm³/mol. The third-order valence-electron chi connectivity index (χ3n) is 3.98. The molecular weight excluding hydrogens is 334 g/mol. The monoisotopic (exact) mass is 355 g/mol. The molecule has 0 aliphatic heterocycles. The quantitative estimate of drug-likeness (QED) is 0.553. The number of ether oxygens (including phenoxy) is 2. The summed E-state index contributed by atoms with van der Waals surface area (Å²) in [6.07, 6.45) is 2.15. The number of nitrogens with zero attached hydrogens (tertiary/aromatic N) is 2. The second kappa shape index (κ2) is 7.83. The summed E-state index contributed by atoms with van der Waals surface area (Å²) in [7, 11) is 3.16. The van der Waals surface area contributed by atoms with E-state index in [9.17, 15) is 4.79 Å². The van der Waals surface area contributed by atoms with Crippen LogP contribution < -0.4 is 26.1 Å². The Labute approximate surface area is 150 Å². The number of anilines is 1. The van der Waals surface area contributed by atoms with E-state index in [0.717, 1.165) is 12.0 Å². The fourth-order valence-electron chi connectivity index (χ4n) is 2.67. The molecule has 0 atom stereocenters. The Bertz CT molecular complexity index is 971. The largest absolute Gasteiger partial charge is 0.493 e. The number of nitrogens with two attached hydrogens (primary N) is 1. The molecule has 136 valence electrons. The van der Waals surface area contributed by atoms with Gasteiger partial charge in [-0.15, -0.1) is 0 Å². The summed E-state index contributed by atoms with van der Waals surface area (Å²) < 4.78 is 10.6. The summed E-state index contributed by atoms with van der Waals surface area (Å²) in [6, 6.07) is 7.31. The zero-order chi connectivity index (χ0) is 18.5. The van der Waals surface area contributed by atoms with E-state index < -0.39 is 0 Å². The Hall–Kier alpha value is -3.13. The lowest BCUT2D eigenvalue weighted by molar-refractivity contribution is 0.355. The maximum absolute atomic E-state index is 12.2. The highest BCUT2D eigenvalue weighted by Gasteiger charge is 2.13. The third-order valence-corrected chi connectivity index (χ3v) is 3.98. The van der Waals surface area contributed by atoms with Crippen LogP contribution in [0, 0.1) is 0 Å². The van der Waals surface area contributed by atoms with Crippen molar-refractivity contribution in [2.75, 3.05) is 32.6 Å². The third kappa shape index (κ3) is 3.45. The molecule has 8 nitrogen and oxygen atoms in total. The van der Waals surface area contributed by atoms with Gasteiger partial charge in [0.05, 0.1) is 31.8 Å². The van der Waals surface area contributed by atoms with Crippen molar-refractivity contribution in [3.8, 4) is 22.8 Å². The van der Waals surface area contributed by atoms with Crippen molar-refractivity contribution in [2.45, 2.75) is 6.42 Å². The Morgan fingerprint density at radius 3 is 2.73 bits per heavy atom. The number of fused-ring (bicyclic) bond motifs is 1. The summed E-state index contributed by atoms with van der Waals surface area (Å²) in [5.41, 5.74) is 7.37. The molecular formula is C18H21N5O3. The predicted octanol–water partition coefficient (Wildman–Crippen LogP) is 1.76. The highest BCUT2D eigenvalue weighted by molar-refractivity contribution is 5.91. The molecule has 3 aromatic rings. The second-order valence-electron chi connectivity index (χ2n) is 5.62. The van der Waals surface area contributed by atoms with E-state index in [0.29, 0.717) is 47.0 Å². The molecule has 4 N–H and O–H groups in total. The topological polar surface area (TPSA) is 115 Å². The van der Waals surface area contributed by atoms with Crippen molar-refractivity contribution in [3.63, 3.8) is 0 Å². The second-order valence-corrected chi connectivity index (χ2v) is 5.62. The Morgan fingerprint density at radius 2 is 2.00 bits per heavy atom. The number of aromatic amines is 1. The standard InChI is InChI=1S/C18H21N5O3/c1-25-14-5-4-11(8-15(14)26-2)12-9-13-16(18(24)22-10-21-13)17(23-12)20-7-3-6-19/h4-5,8-10H,3,6-7,19H2,1-2H3,(H,20,23)(H,21,22,24). The van der Waals surface area contributed by atoms with E-state index in [4.69, 9.17) is 15.2 Å². The lowest BCUT2D eigenvalue weighted by atomic mass is 10.1. The van der Waals surface area contributed by atoms with Crippen LogP contribution in [0.4, 0.5) is 5.82 Å². The molecule has 0 bridgehead atoms. The first kappa shape index (κ1) is 17.7. The first-order valence-corrected chi connectivity index (χ1v) is 8.22. The van der Waals surface area contributed by atoms with Crippen molar-refractivity contribution in [1.29, 1.82) is 0 Å². The van der Waals surface area contributed by atoms with Gasteiger partial charge in [-0.3, -0.25) is 4.79 Å². The van der Waals surface area contributed by atoms with Crippen LogP contribution in [0.3, 0.4) is 0 Å². The van der Waals surface area contributed by atoms with E-state index in [2.05, 4.69) is 20.3 Å². The number of pyridine rings is 1. The Morgan fingerprint density at radius 1 is 1.19 bits per heavy atom. The Balaban J connectivity index is 2.13. The smallest absolute Gasteiger partial charge is 0.262 e. The van der Waals surface area contributed by atoms with Gasteiger partial charge in [0.2, 0.25) is 0 Å². The van der Waals surface area contributed by atoms with Gasteiger partial charge in [0, 0.05) is 12.1 Å². The van der Waals surface area contributed by atoms with Crippen LogP contribution >= 0.6 is 0 Å². The van der Waals surface area contributed by atoms with Crippen molar-refractivity contribution >= 4 is 16.7 Å². The number of methoxy groups -OCH3 is 2. The maximum Gasteiger partial charge on any atom is 0.262 e. The maximum atomic E-state index is 12.2. The van der Waals surface area contributed by atoms with Crippen LogP contribution in [-0.2, 0) is 0 Å². The molecule has 0 saturated carbocycles. The van der Waals surface area contributed by atoms with Crippen LogP contribution in [0.5, 0.6) is 11.5 Å². The van der Waals surface area contributed by atoms with Gasteiger partial charge in [0.25, 0.3) is 5.56 Å². The molecule has 0 spiro atoms. The van der Waals surface area contributed by atoms with Crippen LogP contribution in [0.25, 0.3) is 22.2 Å². The minimum absolute atomic E-state index is 0.239. The van der Waals surface area contributed by atoms with E-state index in [1.54, 1.807) is 20.3 Å². The molecule has 0 unspecified atom stereocenters. The van der Waals surface area contributed by atoms with E-state index >= 15 is 0 Å². The van der Waals surface area contributed by atoms with Gasteiger partial charge in [-0.1, -0.05) is 0 Å². The van der Waals surface area contributed by atoms with Crippen molar-refractivity contribution in [3.05, 3.63) is 40.9 Å². The van der Waals surface area contributed by atoms with Crippen LogP contribution in [0.1, 0.15) is 6.42 Å². The fourth-order valence-corrected chi connectivity index (χ4v) is 2.67. The minimum atomic E-state index is -0.239. The molecule has 3 rings (SSSR count). The SMILES string of the molecule is COc1ccc(-c2cc3nc[nH]c(=O)c3c(NCCCN)n2)cc1OC. The number of hydrogen-bond acceptors (Lipinski definition) is 7. The summed E-state index contributed by atoms with van der Waals surface area (Å²) in [6.45, 7) is 1.16. The molecule has 0 aliphatic rings. The summed E-state index contributed by atoms with van der Waals surface area (Å²) in [5.74, 6) is 1.71. The van der Waals surface area contributed by atoms with E-state index in [1.807, 2.05) is 18.2 Å². The number of nitrogens with one attached hydrogen (secondary N) is 2. The number of rotatable bonds is 7. The zero-order valence-corrected chi connectivity index (χ0v) is 14.7. The Kier molecular flexibility index (Phi) is 5.33. The van der Waals surface area contributed by atoms with Gasteiger partial charge in [0.15, 0.2) is 11.5 Å². The van der Waals surface area contributed by atoms with Gasteiger partial charge >= 0.3 is 0 Å². The van der Waals surface area contributed by atoms with Gasteiger partial charge in [-0.25, -0.2) is 9.97 Å². The average Bonchev–Trinajstić information content (AvgIpc) is 2.67. The molecule has 0 saturated heterocycles. The molecule has 1 aromatic carbocycles. The molecule has 8 heteroatoms. The van der Waals surface area contributed by atoms with Gasteiger partial charge < -0.3 is 25.5 Å². The number of benzene rings is 1. The van der Waals surface area contributed by atoms with Crippen molar-refractivity contribution < 1.29 is 9.47 Å². The highest BCUT2D eigenvalue weighted by Crippen LogP contribution is 2.33. The van der Waals surface area contributed by atoms with Crippen molar-refractivity contribution in [2.24, 2.45) is 5.73 Å². The molecule has 0 fully saturated rings. The first-order valence-electron chi connectivity index (χ1n) is 8.22. The zero-order valence-electron chi connectivity index (χ0n) is 14.7. The fraction of sp³-hybridized carbons (Fsp3) is 0.278. The number of hydrogen-bond donors (Lipinski definition) is 3. The number of H-pyrrole nitrogens is 1. The van der Waals surface area contributed by atoms with Gasteiger partial charge in [0.1, 0.15) is 11.2 Å².